The largest absolute Gasteiger partial charge is 0.368 e. The lowest BCUT2D eigenvalue weighted by molar-refractivity contribution is 0.411. The van der Waals surface area contributed by atoms with Gasteiger partial charge in [0.1, 0.15) is 0 Å². The maximum Gasteiger partial charge on any atom is 0.220 e. The molecule has 0 spiro atoms. The Morgan fingerprint density at radius 1 is 0.952 bits per heavy atom. The van der Waals surface area contributed by atoms with Gasteiger partial charge in [-0.15, -0.1) is 0 Å². The lowest BCUT2D eigenvalue weighted by atomic mass is 9.82. The maximum atomic E-state index is 5.94. The Balaban J connectivity index is 1.90. The predicted octanol–water partition coefficient (Wildman–Crippen LogP) is 4.15. The first kappa shape index (κ1) is 12.3. The normalized spacial score (nSPS) is 15.0. The summed E-state index contributed by atoms with van der Waals surface area (Å²) < 4.78 is 0. The highest BCUT2D eigenvalue weighted by Gasteiger charge is 2.22. The van der Waals surface area contributed by atoms with E-state index in [1.165, 1.54) is 30.0 Å². The molecule has 0 aliphatic heterocycles. The van der Waals surface area contributed by atoms with E-state index in [4.69, 9.17) is 5.73 Å². The molecule has 4 rings (SSSR count). The Labute approximate surface area is 123 Å². The number of nitrogens with zero attached hydrogens (tertiary/aromatic N) is 2. The summed E-state index contributed by atoms with van der Waals surface area (Å²) in [5, 5.41) is 2.43. The molecule has 0 bridgehead atoms. The number of rotatable bonds is 2. The van der Waals surface area contributed by atoms with Crippen molar-refractivity contribution >= 4 is 16.7 Å². The lowest BCUT2D eigenvalue weighted by Crippen LogP contribution is -2.12. The standard InChI is InChI=1S/C18H17N3/c19-18-20-16(13-7-3-8-13)11-17(21-18)15-10-4-6-12-5-1-2-9-14(12)15/h1-2,4-6,9-11,13H,3,7-8H2,(H2,19,20,21). The fourth-order valence-electron chi connectivity index (χ4n) is 2.99. The van der Waals surface area contributed by atoms with E-state index >= 15 is 0 Å². The van der Waals surface area contributed by atoms with Crippen molar-refractivity contribution in [3.8, 4) is 11.3 Å². The number of fused-ring (bicyclic) bond motifs is 1. The first-order chi connectivity index (χ1) is 10.3. The van der Waals surface area contributed by atoms with Crippen LogP contribution in [0.1, 0.15) is 30.9 Å². The minimum Gasteiger partial charge on any atom is -0.368 e. The second-order valence-electron chi connectivity index (χ2n) is 5.69. The van der Waals surface area contributed by atoms with Crippen LogP contribution in [0.4, 0.5) is 5.95 Å². The Morgan fingerprint density at radius 2 is 1.76 bits per heavy atom. The molecule has 1 saturated carbocycles. The summed E-state index contributed by atoms with van der Waals surface area (Å²) in [6.45, 7) is 0. The van der Waals surface area contributed by atoms with Gasteiger partial charge < -0.3 is 5.73 Å². The Kier molecular flexibility index (Phi) is 2.85. The van der Waals surface area contributed by atoms with Crippen molar-refractivity contribution in [3.63, 3.8) is 0 Å². The van der Waals surface area contributed by atoms with E-state index in [9.17, 15) is 0 Å². The minimum atomic E-state index is 0.377. The molecule has 1 heterocycles. The first-order valence-electron chi connectivity index (χ1n) is 7.44. The van der Waals surface area contributed by atoms with Gasteiger partial charge >= 0.3 is 0 Å². The van der Waals surface area contributed by atoms with Crippen LogP contribution >= 0.6 is 0 Å². The van der Waals surface area contributed by atoms with Gasteiger partial charge in [-0.2, -0.15) is 0 Å². The van der Waals surface area contributed by atoms with Gasteiger partial charge in [-0.1, -0.05) is 48.9 Å². The number of benzene rings is 2. The zero-order chi connectivity index (χ0) is 14.2. The van der Waals surface area contributed by atoms with Crippen molar-refractivity contribution in [1.29, 1.82) is 0 Å². The molecule has 0 atom stereocenters. The average molecular weight is 275 g/mol. The third-order valence-electron chi connectivity index (χ3n) is 4.35. The summed E-state index contributed by atoms with van der Waals surface area (Å²) in [6, 6.07) is 16.8. The minimum absolute atomic E-state index is 0.377. The Hall–Kier alpha value is -2.42. The molecule has 21 heavy (non-hydrogen) atoms. The van der Waals surface area contributed by atoms with E-state index in [2.05, 4.69) is 58.5 Å². The van der Waals surface area contributed by atoms with E-state index in [0.29, 0.717) is 11.9 Å². The highest BCUT2D eigenvalue weighted by atomic mass is 15.0. The molecular weight excluding hydrogens is 258 g/mol. The number of hydrogen-bond acceptors (Lipinski definition) is 3. The Bertz CT molecular complexity index is 801. The summed E-state index contributed by atoms with van der Waals surface area (Å²) in [6.07, 6.45) is 3.72. The predicted molar refractivity (Wildman–Crippen MR) is 86.0 cm³/mol. The molecule has 0 saturated heterocycles. The smallest absolute Gasteiger partial charge is 0.220 e. The molecule has 3 nitrogen and oxygen atoms in total. The monoisotopic (exact) mass is 275 g/mol. The molecule has 1 aliphatic rings. The van der Waals surface area contributed by atoms with Crippen LogP contribution in [0.25, 0.3) is 22.0 Å². The van der Waals surface area contributed by atoms with Gasteiger partial charge in [0.25, 0.3) is 0 Å². The van der Waals surface area contributed by atoms with Gasteiger partial charge in [-0.25, -0.2) is 9.97 Å². The number of nitrogens with two attached hydrogens (primary N) is 1. The molecule has 0 unspecified atom stereocenters. The lowest BCUT2D eigenvalue weighted by Gasteiger charge is -2.25. The number of hydrogen-bond donors (Lipinski definition) is 1. The highest BCUT2D eigenvalue weighted by molar-refractivity contribution is 5.95. The second kappa shape index (κ2) is 4.85. The molecule has 3 heteroatoms. The van der Waals surface area contributed by atoms with Gasteiger partial charge in [0.2, 0.25) is 5.95 Å². The van der Waals surface area contributed by atoms with Crippen molar-refractivity contribution in [2.45, 2.75) is 25.2 Å². The van der Waals surface area contributed by atoms with Crippen LogP contribution in [-0.4, -0.2) is 9.97 Å². The maximum absolute atomic E-state index is 5.94. The second-order valence-corrected chi connectivity index (χ2v) is 5.69. The number of anilines is 1. The molecule has 3 aromatic rings. The van der Waals surface area contributed by atoms with Crippen LogP contribution in [0.2, 0.25) is 0 Å². The van der Waals surface area contributed by atoms with Crippen molar-refractivity contribution in [3.05, 3.63) is 54.2 Å². The molecule has 2 N–H and O–H groups in total. The summed E-state index contributed by atoms with van der Waals surface area (Å²) >= 11 is 0. The summed E-state index contributed by atoms with van der Waals surface area (Å²) in [7, 11) is 0. The summed E-state index contributed by atoms with van der Waals surface area (Å²) in [5.74, 6) is 0.936. The molecule has 104 valence electrons. The van der Waals surface area contributed by atoms with Crippen LogP contribution in [0.15, 0.2) is 48.5 Å². The molecule has 2 aromatic carbocycles. The van der Waals surface area contributed by atoms with Crippen molar-refractivity contribution in [2.75, 3.05) is 5.73 Å². The SMILES string of the molecule is Nc1nc(-c2cccc3ccccc23)cc(C2CCC2)n1. The van der Waals surface area contributed by atoms with Crippen molar-refractivity contribution in [2.24, 2.45) is 0 Å². The van der Waals surface area contributed by atoms with Gasteiger partial charge in [-0.3, -0.25) is 0 Å². The van der Waals surface area contributed by atoms with E-state index < -0.39 is 0 Å². The van der Waals surface area contributed by atoms with Gasteiger partial charge in [0.05, 0.1) is 5.69 Å². The molecule has 1 aromatic heterocycles. The molecule has 1 fully saturated rings. The summed E-state index contributed by atoms with van der Waals surface area (Å²) in [4.78, 5) is 8.89. The van der Waals surface area contributed by atoms with E-state index in [0.717, 1.165) is 17.0 Å². The van der Waals surface area contributed by atoms with Crippen LogP contribution in [-0.2, 0) is 0 Å². The topological polar surface area (TPSA) is 51.8 Å². The van der Waals surface area contributed by atoms with E-state index in [1.54, 1.807) is 0 Å². The van der Waals surface area contributed by atoms with Crippen LogP contribution in [0, 0.1) is 0 Å². The fourth-order valence-corrected chi connectivity index (χ4v) is 2.99. The molecular formula is C18H17N3. The third-order valence-corrected chi connectivity index (χ3v) is 4.35. The van der Waals surface area contributed by atoms with Gasteiger partial charge in [0, 0.05) is 17.2 Å². The number of aromatic nitrogens is 2. The molecule has 0 amide bonds. The van der Waals surface area contributed by atoms with E-state index in [-0.39, 0.29) is 0 Å². The summed E-state index contributed by atoms with van der Waals surface area (Å²) in [5.41, 5.74) is 9.09. The average Bonchev–Trinajstić information content (AvgIpc) is 2.44. The van der Waals surface area contributed by atoms with Gasteiger partial charge in [0.15, 0.2) is 0 Å². The number of nitrogen functional groups attached to an aromatic ring is 1. The zero-order valence-electron chi connectivity index (χ0n) is 11.8. The van der Waals surface area contributed by atoms with Crippen LogP contribution < -0.4 is 5.73 Å². The third kappa shape index (κ3) is 2.15. The van der Waals surface area contributed by atoms with E-state index in [1.807, 2.05) is 0 Å². The van der Waals surface area contributed by atoms with Crippen molar-refractivity contribution < 1.29 is 0 Å². The molecule has 1 aliphatic carbocycles. The fraction of sp³-hybridized carbons (Fsp3) is 0.222. The Morgan fingerprint density at radius 3 is 2.57 bits per heavy atom. The highest BCUT2D eigenvalue weighted by Crippen LogP contribution is 2.37. The van der Waals surface area contributed by atoms with Crippen molar-refractivity contribution in [1.82, 2.24) is 9.97 Å². The van der Waals surface area contributed by atoms with Gasteiger partial charge in [-0.05, 0) is 29.7 Å². The zero-order valence-corrected chi connectivity index (χ0v) is 11.8. The molecule has 0 radical (unpaired) electrons. The first-order valence-corrected chi connectivity index (χ1v) is 7.44. The van der Waals surface area contributed by atoms with Crippen LogP contribution in [0.3, 0.4) is 0 Å². The van der Waals surface area contributed by atoms with Crippen LogP contribution in [0.5, 0.6) is 0 Å². The quantitative estimate of drug-likeness (QED) is 0.764.